The molecule has 3 aromatic rings. The number of hydrogen-bond donors (Lipinski definition) is 3. The maximum Gasteiger partial charge on any atom is 0.276 e. The summed E-state index contributed by atoms with van der Waals surface area (Å²) < 4.78 is 5.55. The van der Waals surface area contributed by atoms with Crippen LogP contribution in [0.3, 0.4) is 0 Å². The van der Waals surface area contributed by atoms with Gasteiger partial charge in [-0.15, -0.1) is 0 Å². The number of fused-ring (bicyclic) bond motifs is 1. The number of carbonyl (C=O) groups excluding carboxylic acids is 2. The van der Waals surface area contributed by atoms with Crippen molar-refractivity contribution in [2.45, 2.75) is 0 Å². The summed E-state index contributed by atoms with van der Waals surface area (Å²) in [5.41, 5.74) is 4.52. The molecule has 0 aliphatic rings. The summed E-state index contributed by atoms with van der Waals surface area (Å²) in [6.07, 6.45) is 0. The number of nitrogens with one attached hydrogen (secondary N) is 3. The molecule has 0 spiro atoms. The van der Waals surface area contributed by atoms with Gasteiger partial charge in [0.1, 0.15) is 5.75 Å². The minimum Gasteiger partial charge on any atom is -0.483 e. The molecule has 0 fully saturated rings. The summed E-state index contributed by atoms with van der Waals surface area (Å²) in [5.74, 6) is -0.614. The van der Waals surface area contributed by atoms with E-state index in [1.807, 2.05) is 36.4 Å². The molecule has 0 aromatic heterocycles. The zero-order valence-electron chi connectivity index (χ0n) is 15.5. The topological polar surface area (TPSA) is 123 Å². The summed E-state index contributed by atoms with van der Waals surface area (Å²) in [7, 11) is 0. The van der Waals surface area contributed by atoms with Gasteiger partial charge < -0.3 is 4.74 Å². The fraction of sp³-hybridized carbons (Fsp3) is 0.0500. The van der Waals surface area contributed by atoms with Gasteiger partial charge in [0, 0.05) is 23.1 Å². The van der Waals surface area contributed by atoms with Gasteiger partial charge in [-0.25, -0.2) is 0 Å². The molecular weight excluding hydrogens is 408 g/mol. The van der Waals surface area contributed by atoms with Crippen LogP contribution in [0.15, 0.2) is 66.7 Å². The first-order valence-electron chi connectivity index (χ1n) is 8.69. The minimum atomic E-state index is -0.655. The van der Waals surface area contributed by atoms with E-state index >= 15 is 0 Å². The molecule has 9 nitrogen and oxygen atoms in total. The molecule has 0 aliphatic heterocycles. The highest BCUT2D eigenvalue weighted by Crippen LogP contribution is 2.24. The molecule has 0 bridgehead atoms. The van der Waals surface area contributed by atoms with E-state index in [4.69, 9.17) is 17.0 Å². The van der Waals surface area contributed by atoms with E-state index in [2.05, 4.69) is 16.2 Å². The van der Waals surface area contributed by atoms with Gasteiger partial charge in [-0.2, -0.15) is 0 Å². The lowest BCUT2D eigenvalue weighted by atomic mass is 10.1. The average molecular weight is 424 g/mol. The van der Waals surface area contributed by atoms with E-state index in [9.17, 15) is 19.7 Å². The first-order chi connectivity index (χ1) is 14.4. The van der Waals surface area contributed by atoms with Crippen LogP contribution in [0.2, 0.25) is 0 Å². The third kappa shape index (κ3) is 5.26. The zero-order chi connectivity index (χ0) is 21.5. The van der Waals surface area contributed by atoms with Crippen LogP contribution in [0, 0.1) is 10.1 Å². The molecule has 0 unspecified atom stereocenters. The number of nitrogens with zero attached hydrogens (tertiary/aromatic N) is 1. The minimum absolute atomic E-state index is 0.0546. The fourth-order valence-corrected chi connectivity index (χ4v) is 2.74. The molecule has 0 heterocycles. The van der Waals surface area contributed by atoms with E-state index in [0.717, 1.165) is 16.8 Å². The van der Waals surface area contributed by atoms with Gasteiger partial charge in [-0.05, 0) is 29.7 Å². The molecule has 0 saturated heterocycles. The summed E-state index contributed by atoms with van der Waals surface area (Å²) in [6.45, 7) is -0.275. The Balaban J connectivity index is 1.48. The summed E-state index contributed by atoms with van der Waals surface area (Å²) >= 11 is 4.94. The van der Waals surface area contributed by atoms with Gasteiger partial charge in [-0.1, -0.05) is 42.5 Å². The number of carbonyl (C=O) groups is 2. The van der Waals surface area contributed by atoms with Crippen molar-refractivity contribution in [1.82, 2.24) is 16.2 Å². The molecule has 3 aromatic carbocycles. The number of hydrogen-bond acceptors (Lipinski definition) is 6. The number of amides is 2. The second kappa shape index (κ2) is 9.43. The Bertz CT molecular complexity index is 1130. The Labute approximate surface area is 176 Å². The third-order valence-corrected chi connectivity index (χ3v) is 4.17. The Kier molecular flexibility index (Phi) is 6.50. The maximum atomic E-state index is 12.1. The largest absolute Gasteiger partial charge is 0.483 e. The van der Waals surface area contributed by atoms with Gasteiger partial charge in [-0.3, -0.25) is 35.9 Å². The van der Waals surface area contributed by atoms with Crippen LogP contribution in [0.5, 0.6) is 5.75 Å². The second-order valence-electron chi connectivity index (χ2n) is 6.03. The molecule has 2 amide bonds. The van der Waals surface area contributed by atoms with Crippen molar-refractivity contribution in [1.29, 1.82) is 0 Å². The monoisotopic (exact) mass is 424 g/mol. The predicted molar refractivity (Wildman–Crippen MR) is 114 cm³/mol. The van der Waals surface area contributed by atoms with Crippen molar-refractivity contribution in [2.75, 3.05) is 6.61 Å². The highest BCUT2D eigenvalue weighted by atomic mass is 32.1. The Morgan fingerprint density at radius 2 is 1.73 bits per heavy atom. The smallest absolute Gasteiger partial charge is 0.276 e. The van der Waals surface area contributed by atoms with E-state index in [0.29, 0.717) is 5.75 Å². The highest BCUT2D eigenvalue weighted by molar-refractivity contribution is 7.80. The number of rotatable bonds is 5. The first kappa shape index (κ1) is 20.7. The summed E-state index contributed by atoms with van der Waals surface area (Å²) in [6, 6.07) is 18.3. The van der Waals surface area contributed by atoms with E-state index in [1.54, 1.807) is 6.07 Å². The van der Waals surface area contributed by atoms with Crippen molar-refractivity contribution in [2.24, 2.45) is 0 Å². The van der Waals surface area contributed by atoms with E-state index in [1.165, 1.54) is 18.2 Å². The van der Waals surface area contributed by atoms with Gasteiger partial charge in [0.05, 0.1) is 4.92 Å². The third-order valence-electron chi connectivity index (χ3n) is 3.97. The van der Waals surface area contributed by atoms with Crippen LogP contribution in [0.25, 0.3) is 10.8 Å². The lowest BCUT2D eigenvalue weighted by Gasteiger charge is -2.12. The summed E-state index contributed by atoms with van der Waals surface area (Å²) in [4.78, 5) is 34.3. The van der Waals surface area contributed by atoms with Crippen molar-refractivity contribution < 1.29 is 19.2 Å². The molecular formula is C20H16N4O5S. The lowest BCUT2D eigenvalue weighted by Crippen LogP contribution is -2.49. The Morgan fingerprint density at radius 1 is 1.00 bits per heavy atom. The number of thiocarbonyl (C=S) groups is 1. The van der Waals surface area contributed by atoms with Crippen LogP contribution >= 0.6 is 12.2 Å². The van der Waals surface area contributed by atoms with Crippen LogP contribution in [-0.2, 0) is 4.79 Å². The maximum absolute atomic E-state index is 12.1. The molecule has 10 heteroatoms. The van der Waals surface area contributed by atoms with Gasteiger partial charge in [0.25, 0.3) is 17.5 Å². The Morgan fingerprint density at radius 3 is 2.53 bits per heavy atom. The standard InChI is InChI=1S/C20H16N4O5S/c25-18(12-29-17-10-4-6-13-5-1-2-9-16(13)17)22-23-20(30)21-19(26)14-7-3-8-15(11-14)24(27)28/h1-11H,12H2,(H,22,25)(H2,21,23,26,30). The van der Waals surface area contributed by atoms with Crippen molar-refractivity contribution in [3.05, 3.63) is 82.4 Å². The molecule has 3 rings (SSSR count). The molecule has 0 radical (unpaired) electrons. The molecule has 3 N–H and O–H groups in total. The van der Waals surface area contributed by atoms with Gasteiger partial charge in [0.15, 0.2) is 11.7 Å². The molecule has 30 heavy (non-hydrogen) atoms. The summed E-state index contributed by atoms with van der Waals surface area (Å²) in [5, 5.41) is 14.8. The van der Waals surface area contributed by atoms with Crippen molar-refractivity contribution in [3.63, 3.8) is 0 Å². The number of nitro groups is 1. The molecule has 0 atom stereocenters. The first-order valence-corrected chi connectivity index (χ1v) is 9.10. The predicted octanol–water partition coefficient (Wildman–Crippen LogP) is 2.46. The number of hydrazine groups is 1. The Hall–Kier alpha value is -4.05. The number of ether oxygens (including phenoxy) is 1. The van der Waals surface area contributed by atoms with E-state index < -0.39 is 16.7 Å². The SMILES string of the molecule is O=C(COc1cccc2ccccc12)NNC(=S)NC(=O)c1cccc([N+](=O)[O-])c1. The number of benzene rings is 3. The highest BCUT2D eigenvalue weighted by Gasteiger charge is 2.13. The average Bonchev–Trinajstić information content (AvgIpc) is 2.76. The second-order valence-corrected chi connectivity index (χ2v) is 6.44. The van der Waals surface area contributed by atoms with Gasteiger partial charge in [0.2, 0.25) is 0 Å². The molecule has 0 aliphatic carbocycles. The fourth-order valence-electron chi connectivity index (χ4n) is 2.59. The quantitative estimate of drug-likeness (QED) is 0.327. The van der Waals surface area contributed by atoms with Gasteiger partial charge >= 0.3 is 0 Å². The molecule has 152 valence electrons. The number of non-ortho nitro benzene ring substituents is 1. The lowest BCUT2D eigenvalue weighted by molar-refractivity contribution is -0.384. The van der Waals surface area contributed by atoms with Crippen molar-refractivity contribution in [3.8, 4) is 5.75 Å². The number of nitro benzene ring substituents is 1. The van der Waals surface area contributed by atoms with Crippen LogP contribution in [-0.4, -0.2) is 28.5 Å². The van der Waals surface area contributed by atoms with Crippen LogP contribution in [0.4, 0.5) is 5.69 Å². The van der Waals surface area contributed by atoms with Crippen LogP contribution in [0.1, 0.15) is 10.4 Å². The zero-order valence-corrected chi connectivity index (χ0v) is 16.3. The van der Waals surface area contributed by atoms with Crippen LogP contribution < -0.4 is 20.9 Å². The molecule has 0 saturated carbocycles. The normalized spacial score (nSPS) is 10.1. The van der Waals surface area contributed by atoms with Crippen molar-refractivity contribution >= 4 is 45.6 Å². The van der Waals surface area contributed by atoms with E-state index in [-0.39, 0.29) is 23.0 Å².